The molecule has 1 saturated heterocycles. The molecule has 27 heavy (non-hydrogen) atoms. The van der Waals surface area contributed by atoms with Crippen molar-refractivity contribution in [2.45, 2.75) is 12.5 Å². The SMILES string of the molecule is O=C(O)c1ccccc1OCC1CNCCOC1C1=CCC(Cl)=C(Cl)C=C1. The summed E-state index contributed by atoms with van der Waals surface area (Å²) in [6.45, 7) is 2.34. The molecular weight excluding hydrogens is 389 g/mol. The molecule has 1 aromatic carbocycles. The van der Waals surface area contributed by atoms with Crippen molar-refractivity contribution in [3.05, 3.63) is 63.7 Å². The summed E-state index contributed by atoms with van der Waals surface area (Å²) in [6, 6.07) is 6.63. The van der Waals surface area contributed by atoms with Gasteiger partial charge in [-0.3, -0.25) is 0 Å². The first kappa shape index (κ1) is 20.0. The minimum Gasteiger partial charge on any atom is -0.492 e. The van der Waals surface area contributed by atoms with E-state index in [-0.39, 0.29) is 17.6 Å². The number of hydrogen-bond donors (Lipinski definition) is 2. The van der Waals surface area contributed by atoms with Crippen molar-refractivity contribution >= 4 is 29.2 Å². The summed E-state index contributed by atoms with van der Waals surface area (Å²) in [5, 5.41) is 13.8. The van der Waals surface area contributed by atoms with E-state index in [0.29, 0.717) is 42.0 Å². The minimum absolute atomic E-state index is 0.000835. The van der Waals surface area contributed by atoms with Gasteiger partial charge in [0.25, 0.3) is 0 Å². The number of aromatic carboxylic acids is 1. The predicted molar refractivity (Wildman–Crippen MR) is 106 cm³/mol. The smallest absolute Gasteiger partial charge is 0.339 e. The van der Waals surface area contributed by atoms with Crippen LogP contribution in [-0.2, 0) is 4.74 Å². The maximum atomic E-state index is 11.4. The van der Waals surface area contributed by atoms with Gasteiger partial charge < -0.3 is 19.9 Å². The lowest BCUT2D eigenvalue weighted by Gasteiger charge is -2.26. The molecule has 1 aromatic rings. The number of halogens is 2. The third-order valence-electron chi connectivity index (χ3n) is 4.51. The number of benzene rings is 1. The highest BCUT2D eigenvalue weighted by molar-refractivity contribution is 6.40. The van der Waals surface area contributed by atoms with Crippen LogP contribution in [0.3, 0.4) is 0 Å². The normalized spacial score (nSPS) is 23.4. The van der Waals surface area contributed by atoms with Crippen molar-refractivity contribution in [1.29, 1.82) is 0 Å². The van der Waals surface area contributed by atoms with Crippen LogP contribution in [0.15, 0.2) is 58.1 Å². The van der Waals surface area contributed by atoms with E-state index in [0.717, 1.165) is 12.1 Å². The summed E-state index contributed by atoms with van der Waals surface area (Å²) in [5.74, 6) is -0.658. The Bertz CT molecular complexity index is 788. The van der Waals surface area contributed by atoms with Crippen LogP contribution in [0, 0.1) is 5.92 Å². The van der Waals surface area contributed by atoms with Crippen molar-refractivity contribution in [1.82, 2.24) is 5.32 Å². The van der Waals surface area contributed by atoms with Gasteiger partial charge in [0.2, 0.25) is 0 Å². The first-order chi connectivity index (χ1) is 13.1. The third-order valence-corrected chi connectivity index (χ3v) is 5.32. The average molecular weight is 410 g/mol. The van der Waals surface area contributed by atoms with E-state index in [9.17, 15) is 9.90 Å². The maximum absolute atomic E-state index is 11.4. The van der Waals surface area contributed by atoms with Crippen LogP contribution in [0.25, 0.3) is 0 Å². The van der Waals surface area contributed by atoms with Crippen molar-refractivity contribution in [2.75, 3.05) is 26.3 Å². The minimum atomic E-state index is -1.01. The van der Waals surface area contributed by atoms with Gasteiger partial charge in [-0.05, 0) is 23.8 Å². The molecule has 1 fully saturated rings. The molecule has 0 aromatic heterocycles. The molecule has 0 saturated carbocycles. The molecule has 2 aliphatic rings. The Labute approximate surface area is 168 Å². The molecule has 2 unspecified atom stereocenters. The highest BCUT2D eigenvalue weighted by Crippen LogP contribution is 2.29. The number of nitrogens with one attached hydrogen (secondary N) is 1. The topological polar surface area (TPSA) is 67.8 Å². The predicted octanol–water partition coefficient (Wildman–Crippen LogP) is 3.94. The second-order valence-corrected chi connectivity index (χ2v) is 7.23. The van der Waals surface area contributed by atoms with Gasteiger partial charge in [0.05, 0.1) is 24.4 Å². The quantitative estimate of drug-likeness (QED) is 0.770. The molecule has 1 heterocycles. The van der Waals surface area contributed by atoms with Crippen LogP contribution < -0.4 is 10.1 Å². The summed E-state index contributed by atoms with van der Waals surface area (Å²) in [5.41, 5.74) is 1.14. The number of allylic oxidation sites excluding steroid dienone is 4. The summed E-state index contributed by atoms with van der Waals surface area (Å²) in [6.07, 6.45) is 6.07. The Morgan fingerprint density at radius 3 is 2.93 bits per heavy atom. The van der Waals surface area contributed by atoms with Gasteiger partial charge in [0.15, 0.2) is 0 Å². The molecule has 1 aliphatic carbocycles. The number of rotatable bonds is 5. The fourth-order valence-corrected chi connectivity index (χ4v) is 3.39. The second kappa shape index (κ2) is 9.42. The number of carbonyl (C=O) groups is 1. The van der Waals surface area contributed by atoms with Crippen molar-refractivity contribution in [3.63, 3.8) is 0 Å². The zero-order valence-electron chi connectivity index (χ0n) is 14.7. The first-order valence-electron chi connectivity index (χ1n) is 8.76. The van der Waals surface area contributed by atoms with Crippen LogP contribution in [-0.4, -0.2) is 43.5 Å². The highest BCUT2D eigenvalue weighted by atomic mass is 35.5. The fraction of sp³-hybridized carbons (Fsp3) is 0.350. The molecule has 7 heteroatoms. The summed E-state index contributed by atoms with van der Waals surface area (Å²) in [4.78, 5) is 11.4. The third kappa shape index (κ3) is 5.14. The van der Waals surface area contributed by atoms with E-state index in [4.69, 9.17) is 32.7 Å². The van der Waals surface area contributed by atoms with Gasteiger partial charge in [0, 0.05) is 30.5 Å². The Morgan fingerprint density at radius 2 is 2.11 bits per heavy atom. The summed E-state index contributed by atoms with van der Waals surface area (Å²) in [7, 11) is 0. The van der Waals surface area contributed by atoms with Crippen LogP contribution >= 0.6 is 23.2 Å². The summed E-state index contributed by atoms with van der Waals surface area (Å²) >= 11 is 12.3. The van der Waals surface area contributed by atoms with Crippen LogP contribution in [0.1, 0.15) is 16.8 Å². The van der Waals surface area contributed by atoms with E-state index in [2.05, 4.69) is 5.32 Å². The fourth-order valence-electron chi connectivity index (χ4n) is 3.11. The number of para-hydroxylation sites is 1. The van der Waals surface area contributed by atoms with Crippen LogP contribution in [0.4, 0.5) is 0 Å². The Morgan fingerprint density at radius 1 is 1.30 bits per heavy atom. The van der Waals surface area contributed by atoms with E-state index in [1.54, 1.807) is 24.3 Å². The van der Waals surface area contributed by atoms with Gasteiger partial charge in [-0.2, -0.15) is 0 Å². The van der Waals surface area contributed by atoms with Crippen molar-refractivity contribution in [2.24, 2.45) is 5.92 Å². The molecule has 0 spiro atoms. The largest absolute Gasteiger partial charge is 0.492 e. The van der Waals surface area contributed by atoms with Crippen molar-refractivity contribution < 1.29 is 19.4 Å². The molecule has 3 rings (SSSR count). The molecule has 0 bridgehead atoms. The number of carboxylic acids is 1. The Balaban J connectivity index is 1.76. The molecule has 2 N–H and O–H groups in total. The standard InChI is InChI=1S/C20H21Cl2NO4/c21-16-7-5-13(6-8-17(16)22)19-14(11-23-9-10-26-19)12-27-18-4-2-1-3-15(18)20(24)25/h1-7,14,19,23H,8-12H2,(H,24,25). The van der Waals surface area contributed by atoms with E-state index in [1.807, 2.05) is 12.2 Å². The molecule has 0 radical (unpaired) electrons. The lowest BCUT2D eigenvalue weighted by Crippen LogP contribution is -2.34. The Kier molecular flexibility index (Phi) is 6.96. The molecule has 0 amide bonds. The van der Waals surface area contributed by atoms with Crippen molar-refractivity contribution in [3.8, 4) is 5.75 Å². The van der Waals surface area contributed by atoms with Crippen LogP contribution in [0.5, 0.6) is 5.75 Å². The number of hydrogen-bond acceptors (Lipinski definition) is 4. The Hall–Kier alpha value is -1.79. The zero-order chi connectivity index (χ0) is 19.2. The monoisotopic (exact) mass is 409 g/mol. The maximum Gasteiger partial charge on any atom is 0.339 e. The lowest BCUT2D eigenvalue weighted by atomic mass is 9.95. The van der Waals surface area contributed by atoms with Crippen LogP contribution in [0.2, 0.25) is 0 Å². The molecule has 1 aliphatic heterocycles. The first-order valence-corrected chi connectivity index (χ1v) is 9.51. The van der Waals surface area contributed by atoms with Gasteiger partial charge in [-0.1, -0.05) is 47.5 Å². The number of carboxylic acid groups (broad SMARTS) is 1. The van der Waals surface area contributed by atoms with E-state index >= 15 is 0 Å². The van der Waals surface area contributed by atoms with Gasteiger partial charge in [-0.15, -0.1) is 0 Å². The zero-order valence-corrected chi connectivity index (χ0v) is 16.2. The average Bonchev–Trinajstić information content (AvgIpc) is 2.99. The van der Waals surface area contributed by atoms with Gasteiger partial charge >= 0.3 is 5.97 Å². The van der Waals surface area contributed by atoms with Gasteiger partial charge in [0.1, 0.15) is 11.3 Å². The van der Waals surface area contributed by atoms with E-state index < -0.39 is 5.97 Å². The molecule has 2 atom stereocenters. The molecule has 5 nitrogen and oxygen atoms in total. The van der Waals surface area contributed by atoms with E-state index in [1.165, 1.54) is 6.07 Å². The molecular formula is C20H21Cl2NO4. The molecule has 144 valence electrons. The lowest BCUT2D eigenvalue weighted by molar-refractivity contribution is 0.0427. The second-order valence-electron chi connectivity index (χ2n) is 6.36. The highest BCUT2D eigenvalue weighted by Gasteiger charge is 2.28. The summed E-state index contributed by atoms with van der Waals surface area (Å²) < 4.78 is 11.9. The van der Waals surface area contributed by atoms with Gasteiger partial charge in [-0.25, -0.2) is 4.79 Å². The number of ether oxygens (including phenoxy) is 2.